The molecule has 0 bridgehead atoms. The largest absolute Gasteiger partial charge is 0.455 e. The number of nitrogens with zero attached hydrogens (tertiary/aromatic N) is 3. The van der Waals surface area contributed by atoms with Crippen molar-refractivity contribution in [2.45, 2.75) is 0 Å². The van der Waals surface area contributed by atoms with Crippen molar-refractivity contribution >= 4 is 163 Å². The van der Waals surface area contributed by atoms with E-state index in [0.717, 1.165) is 155 Å². The standard InChI is InChI=1S/3C41H25NO/c1-2-13-33-31(11-1)32-12-3-4-15-35(32)40-36(33)23-24-38(42-40)27-21-19-26(20-22-27)28-9-7-10-29(25-28)30-16-8-17-37-34-14-5-6-18-39(34)43-41(30)37;1-2-11-29(36-17-9-18-37-33-15-7-8-19-39(33)43-41(36)37)28(10-1)26-20-22-27(23-21-26)38-25-24-35-32-14-4-3-12-30(32)31-13-5-6-16-34(31)40(35)42-38;1-2-10-33-31(8-1)32-9-3-4-12-35(32)40-36(33)24-25-38(42-40)29-22-18-27(19-23-29)26-16-20-28(21-17-26)30-13-7-14-37-34-11-5-6-15-39(34)43-41(30)37/h3*1-25H. The summed E-state index contributed by atoms with van der Waals surface area (Å²) in [4.78, 5) is 15.7. The number of furan rings is 3. The number of hydrogen-bond donors (Lipinski definition) is 0. The first-order valence-corrected chi connectivity index (χ1v) is 43.9. The molecule has 0 fully saturated rings. The van der Waals surface area contributed by atoms with Gasteiger partial charge in [0.1, 0.15) is 33.5 Å². The molecule has 600 valence electrons. The van der Waals surface area contributed by atoms with Gasteiger partial charge in [-0.1, -0.05) is 394 Å². The lowest BCUT2D eigenvalue weighted by atomic mass is 9.92. The topological polar surface area (TPSA) is 78.1 Å². The summed E-state index contributed by atoms with van der Waals surface area (Å²) in [6.45, 7) is 0. The van der Waals surface area contributed by atoms with Crippen LogP contribution in [0.1, 0.15) is 0 Å². The van der Waals surface area contributed by atoms with Gasteiger partial charge in [-0.05, 0) is 159 Å². The van der Waals surface area contributed by atoms with E-state index in [2.05, 4.69) is 419 Å². The molecule has 0 spiro atoms. The van der Waals surface area contributed by atoms with Gasteiger partial charge in [0.15, 0.2) is 0 Å². The lowest BCUT2D eigenvalue weighted by Gasteiger charge is -2.13. The Morgan fingerprint density at radius 2 is 0.349 bits per heavy atom. The van der Waals surface area contributed by atoms with Crippen LogP contribution in [0, 0.1) is 0 Å². The molecule has 0 aliphatic rings. The highest BCUT2D eigenvalue weighted by atomic mass is 16.3. The number of hydrogen-bond acceptors (Lipinski definition) is 6. The fourth-order valence-electron chi connectivity index (χ4n) is 19.8. The second kappa shape index (κ2) is 30.9. The molecule has 21 aromatic carbocycles. The van der Waals surface area contributed by atoms with Crippen molar-refractivity contribution in [3.63, 3.8) is 0 Å². The first kappa shape index (κ1) is 74.4. The molecule has 0 atom stereocenters. The number of fused-ring (bicyclic) bond motifs is 27. The van der Waals surface area contributed by atoms with E-state index in [4.69, 9.17) is 28.2 Å². The maximum Gasteiger partial charge on any atom is 0.143 e. The van der Waals surface area contributed by atoms with Gasteiger partial charge in [-0.15, -0.1) is 0 Å². The van der Waals surface area contributed by atoms with E-state index >= 15 is 0 Å². The zero-order valence-electron chi connectivity index (χ0n) is 69.9. The van der Waals surface area contributed by atoms with E-state index in [1.807, 2.05) is 36.4 Å². The van der Waals surface area contributed by atoms with Crippen molar-refractivity contribution in [3.05, 3.63) is 455 Å². The van der Waals surface area contributed by atoms with Gasteiger partial charge in [0.25, 0.3) is 0 Å². The molecule has 6 heteroatoms. The summed E-state index contributed by atoms with van der Waals surface area (Å²) in [7, 11) is 0. The normalized spacial score (nSPS) is 11.7. The Labute approximate surface area is 741 Å². The quantitative estimate of drug-likeness (QED) is 0.134. The summed E-state index contributed by atoms with van der Waals surface area (Å²) >= 11 is 0. The SMILES string of the molecule is c1cc(-c2ccc(-c3ccc4c5ccccc5c5ccccc5c4n3)cc2)cc(-c2cccc3c2oc2ccccc23)c1.c1ccc(-c2cccc3c2oc2ccccc23)c(-c2ccc(-c3ccc4c5ccccc5c5ccccc5c4n3)cc2)c1.c1ccc2c(c1)oc1c(-c3ccc(-c4ccc(-c5ccc6c7ccccc7c7ccccc7c6n5)cc4)cc3)cccc12. The van der Waals surface area contributed by atoms with Crippen LogP contribution in [-0.2, 0) is 0 Å². The average molecular weight is 1640 g/mol. The Kier molecular flexibility index (Phi) is 17.9. The third-order valence-corrected chi connectivity index (χ3v) is 26.1. The van der Waals surface area contributed by atoms with E-state index in [-0.39, 0.29) is 0 Å². The van der Waals surface area contributed by atoms with Crippen LogP contribution >= 0.6 is 0 Å². The van der Waals surface area contributed by atoms with Crippen LogP contribution < -0.4 is 0 Å². The summed E-state index contributed by atoms with van der Waals surface area (Å²) in [6, 6.07) is 161. The number of aromatic nitrogens is 3. The summed E-state index contributed by atoms with van der Waals surface area (Å²) in [6.07, 6.45) is 0. The van der Waals surface area contributed by atoms with Crippen LogP contribution in [0.15, 0.2) is 468 Å². The van der Waals surface area contributed by atoms with Crippen molar-refractivity contribution < 1.29 is 13.3 Å². The summed E-state index contributed by atoms with van der Waals surface area (Å²) in [5.41, 5.74) is 28.7. The zero-order valence-corrected chi connectivity index (χ0v) is 69.9. The number of pyridine rings is 3. The van der Waals surface area contributed by atoms with E-state index < -0.39 is 0 Å². The van der Waals surface area contributed by atoms with Gasteiger partial charge >= 0.3 is 0 Å². The molecule has 27 aromatic rings. The highest BCUT2D eigenvalue weighted by Crippen LogP contribution is 2.46. The van der Waals surface area contributed by atoms with Crippen LogP contribution in [0.3, 0.4) is 0 Å². The molecule has 0 N–H and O–H groups in total. The highest BCUT2D eigenvalue weighted by molar-refractivity contribution is 6.27. The molecule has 0 aliphatic heterocycles. The Hall–Kier alpha value is -17.2. The van der Waals surface area contributed by atoms with Crippen molar-refractivity contribution in [1.29, 1.82) is 0 Å². The maximum atomic E-state index is 6.39. The van der Waals surface area contributed by atoms with Crippen molar-refractivity contribution in [1.82, 2.24) is 15.0 Å². The van der Waals surface area contributed by atoms with Gasteiger partial charge in [0, 0.05) is 98.0 Å². The van der Waals surface area contributed by atoms with Gasteiger partial charge in [0.05, 0.1) is 33.6 Å². The van der Waals surface area contributed by atoms with E-state index in [1.54, 1.807) is 0 Å². The van der Waals surface area contributed by atoms with Crippen LogP contribution in [0.2, 0.25) is 0 Å². The minimum Gasteiger partial charge on any atom is -0.455 e. The molecule has 0 saturated heterocycles. The van der Waals surface area contributed by atoms with Gasteiger partial charge < -0.3 is 13.3 Å². The lowest BCUT2D eigenvalue weighted by Crippen LogP contribution is -1.90. The molecule has 0 saturated carbocycles. The van der Waals surface area contributed by atoms with Gasteiger partial charge in [-0.25, -0.2) is 15.0 Å². The zero-order chi connectivity index (χ0) is 85.0. The molecule has 0 amide bonds. The molecular weight excluding hydrogens is 1570 g/mol. The molecule has 0 radical (unpaired) electrons. The maximum absolute atomic E-state index is 6.39. The van der Waals surface area contributed by atoms with E-state index in [1.165, 1.54) is 109 Å². The molecule has 0 unspecified atom stereocenters. The number of benzene rings is 21. The van der Waals surface area contributed by atoms with Crippen molar-refractivity contribution in [2.24, 2.45) is 0 Å². The molecule has 27 rings (SSSR count). The second-order valence-corrected chi connectivity index (χ2v) is 33.3. The third kappa shape index (κ3) is 12.8. The summed E-state index contributed by atoms with van der Waals surface area (Å²) in [5, 5.41) is 25.2. The van der Waals surface area contributed by atoms with Crippen LogP contribution in [-0.4, -0.2) is 15.0 Å². The Bertz CT molecular complexity index is 9070. The molecular formula is C123H75N3O3. The molecule has 6 nitrogen and oxygen atoms in total. The Morgan fingerprint density at radius 1 is 0.124 bits per heavy atom. The fourth-order valence-corrected chi connectivity index (χ4v) is 19.8. The summed E-state index contributed by atoms with van der Waals surface area (Å²) < 4.78 is 19.0. The molecule has 0 aliphatic carbocycles. The third-order valence-electron chi connectivity index (χ3n) is 26.1. The molecule has 6 aromatic heterocycles. The molecule has 6 heterocycles. The first-order valence-electron chi connectivity index (χ1n) is 43.9. The second-order valence-electron chi connectivity index (χ2n) is 33.3. The van der Waals surface area contributed by atoms with Crippen LogP contribution in [0.25, 0.3) is 264 Å². The number of para-hydroxylation sites is 6. The first-order chi connectivity index (χ1) is 64.0. The highest BCUT2D eigenvalue weighted by Gasteiger charge is 2.21. The van der Waals surface area contributed by atoms with Gasteiger partial charge in [-0.3, -0.25) is 0 Å². The average Bonchev–Trinajstić information content (AvgIpc) is 1.33. The van der Waals surface area contributed by atoms with Crippen LogP contribution in [0.5, 0.6) is 0 Å². The predicted molar refractivity (Wildman–Crippen MR) is 541 cm³/mol. The monoisotopic (exact) mass is 1640 g/mol. The Morgan fingerprint density at radius 3 is 0.713 bits per heavy atom. The fraction of sp³-hybridized carbons (Fsp3) is 0. The van der Waals surface area contributed by atoms with Crippen molar-refractivity contribution in [2.75, 3.05) is 0 Å². The van der Waals surface area contributed by atoms with Gasteiger partial charge in [0.2, 0.25) is 0 Å². The van der Waals surface area contributed by atoms with E-state index in [0.29, 0.717) is 0 Å². The lowest BCUT2D eigenvalue weighted by molar-refractivity contribution is 0.669. The van der Waals surface area contributed by atoms with Gasteiger partial charge in [-0.2, -0.15) is 0 Å². The summed E-state index contributed by atoms with van der Waals surface area (Å²) in [5.74, 6) is 0. The Balaban J connectivity index is 0.000000105. The number of rotatable bonds is 9. The van der Waals surface area contributed by atoms with E-state index in [9.17, 15) is 0 Å². The smallest absolute Gasteiger partial charge is 0.143 e. The predicted octanol–water partition coefficient (Wildman–Crippen LogP) is 34.3. The molecule has 129 heavy (non-hydrogen) atoms. The van der Waals surface area contributed by atoms with Crippen molar-refractivity contribution in [3.8, 4) is 101 Å². The minimum atomic E-state index is 0.912. The minimum absolute atomic E-state index is 0.912. The van der Waals surface area contributed by atoms with Crippen LogP contribution in [0.4, 0.5) is 0 Å².